The molecular weight excluding hydrogens is 250 g/mol. The maximum atomic E-state index is 5.97. The number of halogens is 1. The van der Waals surface area contributed by atoms with Crippen LogP contribution in [0.15, 0.2) is 42.5 Å². The minimum atomic E-state index is 0.371. The average molecular weight is 266 g/mol. The van der Waals surface area contributed by atoms with Crippen molar-refractivity contribution in [3.8, 4) is 0 Å². The molecule has 0 fully saturated rings. The summed E-state index contributed by atoms with van der Waals surface area (Å²) >= 11 is 7.63. The Hall–Kier alpha value is -0.830. The summed E-state index contributed by atoms with van der Waals surface area (Å²) < 4.78 is 0.864. The highest BCUT2D eigenvalue weighted by molar-refractivity contribution is 7.16. The second kappa shape index (κ2) is 6.20. The highest BCUT2D eigenvalue weighted by atomic mass is 35.5. The molecule has 0 radical (unpaired) electrons. The normalized spacial score (nSPS) is 12.6. The molecule has 1 atom stereocenters. The second-order valence-electron chi connectivity index (χ2n) is 3.93. The topological polar surface area (TPSA) is 12.0 Å². The van der Waals surface area contributed by atoms with Gasteiger partial charge in [0.2, 0.25) is 0 Å². The lowest BCUT2D eigenvalue weighted by Crippen LogP contribution is -2.22. The van der Waals surface area contributed by atoms with Crippen molar-refractivity contribution in [1.29, 1.82) is 0 Å². The van der Waals surface area contributed by atoms with Gasteiger partial charge in [0.1, 0.15) is 0 Å². The molecule has 1 aromatic heterocycles. The van der Waals surface area contributed by atoms with Crippen molar-refractivity contribution in [2.45, 2.75) is 19.4 Å². The first-order chi connectivity index (χ1) is 8.29. The van der Waals surface area contributed by atoms with Crippen molar-refractivity contribution >= 4 is 22.9 Å². The van der Waals surface area contributed by atoms with Crippen LogP contribution >= 0.6 is 22.9 Å². The standard InChI is InChI=1S/C14H16ClNS/c1-2-16-13(11-6-4-3-5-7-11)10-12-8-9-14(15)17-12/h3-9,13,16H,2,10H2,1H3. The molecule has 90 valence electrons. The van der Waals surface area contributed by atoms with E-state index in [4.69, 9.17) is 11.6 Å². The lowest BCUT2D eigenvalue weighted by Gasteiger charge is -2.17. The molecule has 1 aromatic carbocycles. The van der Waals surface area contributed by atoms with Crippen LogP contribution in [0.25, 0.3) is 0 Å². The van der Waals surface area contributed by atoms with E-state index in [1.165, 1.54) is 10.4 Å². The molecule has 0 bridgehead atoms. The molecule has 0 spiro atoms. The average Bonchev–Trinajstić information content (AvgIpc) is 2.75. The van der Waals surface area contributed by atoms with E-state index >= 15 is 0 Å². The van der Waals surface area contributed by atoms with E-state index in [-0.39, 0.29) is 0 Å². The first-order valence-corrected chi connectivity index (χ1v) is 7.01. The third-order valence-corrected chi connectivity index (χ3v) is 3.94. The zero-order valence-corrected chi connectivity index (χ0v) is 11.4. The Morgan fingerprint density at radius 1 is 1.18 bits per heavy atom. The number of thiophene rings is 1. The summed E-state index contributed by atoms with van der Waals surface area (Å²) in [5.41, 5.74) is 1.33. The summed E-state index contributed by atoms with van der Waals surface area (Å²) in [7, 11) is 0. The molecular formula is C14H16ClNS. The minimum absolute atomic E-state index is 0.371. The summed E-state index contributed by atoms with van der Waals surface area (Å²) in [6, 6.07) is 15.0. The van der Waals surface area contributed by atoms with Crippen molar-refractivity contribution in [3.63, 3.8) is 0 Å². The fraction of sp³-hybridized carbons (Fsp3) is 0.286. The van der Waals surface area contributed by atoms with Crippen LogP contribution in [-0.2, 0) is 6.42 Å². The van der Waals surface area contributed by atoms with Gasteiger partial charge in [-0.3, -0.25) is 0 Å². The lowest BCUT2D eigenvalue weighted by molar-refractivity contribution is 0.553. The molecule has 0 aliphatic rings. The quantitative estimate of drug-likeness (QED) is 0.850. The zero-order valence-electron chi connectivity index (χ0n) is 9.82. The molecule has 1 heterocycles. The summed E-state index contributed by atoms with van der Waals surface area (Å²) in [5.74, 6) is 0. The van der Waals surface area contributed by atoms with Crippen molar-refractivity contribution in [2.75, 3.05) is 6.54 Å². The van der Waals surface area contributed by atoms with Crippen molar-refractivity contribution in [1.82, 2.24) is 5.32 Å². The van der Waals surface area contributed by atoms with E-state index in [0.717, 1.165) is 17.3 Å². The number of likely N-dealkylation sites (N-methyl/N-ethyl adjacent to an activating group) is 1. The summed E-state index contributed by atoms with van der Waals surface area (Å²) in [6.07, 6.45) is 0.995. The fourth-order valence-corrected chi connectivity index (χ4v) is 3.04. The molecule has 0 saturated carbocycles. The molecule has 0 aliphatic heterocycles. The lowest BCUT2D eigenvalue weighted by atomic mass is 10.0. The van der Waals surface area contributed by atoms with Crippen LogP contribution in [0.1, 0.15) is 23.4 Å². The fourth-order valence-electron chi connectivity index (χ4n) is 1.90. The van der Waals surface area contributed by atoms with E-state index in [1.807, 2.05) is 6.07 Å². The van der Waals surface area contributed by atoms with Crippen molar-refractivity contribution in [2.24, 2.45) is 0 Å². The predicted molar refractivity (Wildman–Crippen MR) is 75.9 cm³/mol. The summed E-state index contributed by atoms with van der Waals surface area (Å²) in [5, 5.41) is 3.52. The van der Waals surface area contributed by atoms with Crippen LogP contribution in [0.3, 0.4) is 0 Å². The highest BCUT2D eigenvalue weighted by Gasteiger charge is 2.11. The van der Waals surface area contributed by atoms with E-state index in [9.17, 15) is 0 Å². The van der Waals surface area contributed by atoms with Gasteiger partial charge in [-0.15, -0.1) is 11.3 Å². The molecule has 17 heavy (non-hydrogen) atoms. The van der Waals surface area contributed by atoms with Crippen molar-refractivity contribution < 1.29 is 0 Å². The third kappa shape index (κ3) is 3.56. The minimum Gasteiger partial charge on any atom is -0.310 e. The first-order valence-electron chi connectivity index (χ1n) is 5.82. The monoisotopic (exact) mass is 265 g/mol. The number of nitrogens with one attached hydrogen (secondary N) is 1. The third-order valence-electron chi connectivity index (χ3n) is 2.69. The van der Waals surface area contributed by atoms with Crippen molar-refractivity contribution in [3.05, 3.63) is 57.2 Å². The van der Waals surface area contributed by atoms with Crippen LogP contribution < -0.4 is 5.32 Å². The Balaban J connectivity index is 2.13. The van der Waals surface area contributed by atoms with E-state index in [0.29, 0.717) is 6.04 Å². The van der Waals surface area contributed by atoms with Crippen LogP contribution in [0.2, 0.25) is 4.34 Å². The van der Waals surface area contributed by atoms with Crippen LogP contribution in [-0.4, -0.2) is 6.54 Å². The van der Waals surface area contributed by atoms with Gasteiger partial charge in [0, 0.05) is 17.3 Å². The Bertz CT molecular complexity index is 452. The van der Waals surface area contributed by atoms with Crippen LogP contribution in [0.4, 0.5) is 0 Å². The maximum absolute atomic E-state index is 5.97. The van der Waals surface area contributed by atoms with Gasteiger partial charge in [0.05, 0.1) is 4.34 Å². The molecule has 1 N–H and O–H groups in total. The Morgan fingerprint density at radius 2 is 1.94 bits per heavy atom. The molecule has 2 rings (SSSR count). The molecule has 1 nitrogen and oxygen atoms in total. The molecule has 0 amide bonds. The first kappa shape index (κ1) is 12.6. The van der Waals surface area contributed by atoms with Gasteiger partial charge in [0.25, 0.3) is 0 Å². The van der Waals surface area contributed by atoms with Crippen LogP contribution in [0.5, 0.6) is 0 Å². The highest BCUT2D eigenvalue weighted by Crippen LogP contribution is 2.26. The second-order valence-corrected chi connectivity index (χ2v) is 5.73. The zero-order chi connectivity index (χ0) is 12.1. The van der Waals surface area contributed by atoms with Gasteiger partial charge in [-0.25, -0.2) is 0 Å². The number of benzene rings is 1. The Kier molecular flexibility index (Phi) is 4.60. The van der Waals surface area contributed by atoms with Crippen LogP contribution in [0, 0.1) is 0 Å². The maximum Gasteiger partial charge on any atom is 0.0931 e. The number of rotatable bonds is 5. The summed E-state index contributed by atoms with van der Waals surface area (Å²) in [6.45, 7) is 3.11. The molecule has 0 saturated heterocycles. The van der Waals surface area contributed by atoms with Gasteiger partial charge in [-0.1, -0.05) is 48.9 Å². The Labute approximate surface area is 111 Å². The SMILES string of the molecule is CCNC(Cc1ccc(Cl)s1)c1ccccc1. The van der Waals surface area contributed by atoms with Gasteiger partial charge in [-0.05, 0) is 24.2 Å². The molecule has 3 heteroatoms. The number of hydrogen-bond donors (Lipinski definition) is 1. The smallest absolute Gasteiger partial charge is 0.0931 e. The molecule has 1 unspecified atom stereocenters. The van der Waals surface area contributed by atoms with Gasteiger partial charge in [-0.2, -0.15) is 0 Å². The summed E-state index contributed by atoms with van der Waals surface area (Å²) in [4.78, 5) is 1.32. The number of hydrogen-bond acceptors (Lipinski definition) is 2. The Morgan fingerprint density at radius 3 is 2.53 bits per heavy atom. The van der Waals surface area contributed by atoms with Gasteiger partial charge < -0.3 is 5.32 Å². The van der Waals surface area contributed by atoms with E-state index in [1.54, 1.807) is 11.3 Å². The largest absolute Gasteiger partial charge is 0.310 e. The van der Waals surface area contributed by atoms with E-state index < -0.39 is 0 Å². The predicted octanol–water partition coefficient (Wildman–Crippen LogP) is 4.29. The molecule has 2 aromatic rings. The van der Waals surface area contributed by atoms with Gasteiger partial charge >= 0.3 is 0 Å². The molecule has 0 aliphatic carbocycles. The van der Waals surface area contributed by atoms with E-state index in [2.05, 4.69) is 48.6 Å². The van der Waals surface area contributed by atoms with Gasteiger partial charge in [0.15, 0.2) is 0 Å².